The first kappa shape index (κ1) is 43.3. The highest BCUT2D eigenvalue weighted by molar-refractivity contribution is 5.87. The third-order valence-corrected chi connectivity index (χ3v) is 9.03. The molecule has 5 unspecified atom stereocenters. The van der Waals surface area contributed by atoms with Crippen LogP contribution in [0.3, 0.4) is 0 Å². The van der Waals surface area contributed by atoms with E-state index in [2.05, 4.69) is 9.97 Å². The minimum absolute atomic E-state index is 0.0118. The van der Waals surface area contributed by atoms with Crippen molar-refractivity contribution in [2.45, 2.75) is 91.3 Å². The Bertz CT molecular complexity index is 1760. The van der Waals surface area contributed by atoms with Gasteiger partial charge in [0.2, 0.25) is 5.89 Å². The lowest BCUT2D eigenvalue weighted by atomic mass is 9.79. The number of ether oxygens (including phenoxy) is 3. The van der Waals surface area contributed by atoms with E-state index in [9.17, 15) is 19.8 Å². The minimum atomic E-state index is -0.871. The Morgan fingerprint density at radius 2 is 1.20 bits per heavy atom. The maximum atomic E-state index is 13.3. The standard InChI is InChI=1S/C43H54N2O9/c1-8-22-34(46)42(3,4)36-26-20-16-13-14-18-24-31(50-7)28-39-45-33(30-52-39)41(49)54-37(43(5,6)35(47)23-9-2)25-19-15-11-10-12-17-21-27-38-44-32(29-51-38)40(48)53-36/h8-24,27,29-31,34-37,46-47H,25-26,28H2,1-7H3/b11-10-,14-13-,17-12+,19-15-,20-16-,22-8+,23-9+,24-18+,27-21+. The van der Waals surface area contributed by atoms with E-state index in [4.69, 9.17) is 23.0 Å². The summed E-state index contributed by atoms with van der Waals surface area (Å²) in [6.45, 7) is 11.0. The summed E-state index contributed by atoms with van der Waals surface area (Å²) in [7, 11) is 1.56. The van der Waals surface area contributed by atoms with Crippen LogP contribution in [-0.2, 0) is 20.6 Å². The Balaban J connectivity index is 1.91. The van der Waals surface area contributed by atoms with Crippen molar-refractivity contribution in [3.63, 3.8) is 0 Å². The number of fused-ring (bicyclic) bond motifs is 4. The van der Waals surface area contributed by atoms with Crippen molar-refractivity contribution in [1.29, 1.82) is 0 Å². The van der Waals surface area contributed by atoms with Gasteiger partial charge in [-0.05, 0) is 13.8 Å². The summed E-state index contributed by atoms with van der Waals surface area (Å²) in [5.41, 5.74) is -1.63. The van der Waals surface area contributed by atoms with Crippen molar-refractivity contribution in [2.24, 2.45) is 10.8 Å². The Morgan fingerprint density at radius 3 is 1.74 bits per heavy atom. The monoisotopic (exact) mass is 742 g/mol. The summed E-state index contributed by atoms with van der Waals surface area (Å²) in [6.07, 6.45) is 31.9. The zero-order valence-electron chi connectivity index (χ0n) is 32.2. The number of aliphatic hydroxyl groups is 2. The van der Waals surface area contributed by atoms with Gasteiger partial charge in [-0.1, -0.05) is 131 Å². The fourth-order valence-electron chi connectivity index (χ4n) is 5.26. The highest BCUT2D eigenvalue weighted by Gasteiger charge is 2.39. The summed E-state index contributed by atoms with van der Waals surface area (Å²) in [4.78, 5) is 35.0. The van der Waals surface area contributed by atoms with Crippen LogP contribution in [0.25, 0.3) is 6.08 Å². The van der Waals surface area contributed by atoms with E-state index >= 15 is 0 Å². The first-order chi connectivity index (χ1) is 25.8. The second kappa shape index (κ2) is 21.6. The highest BCUT2D eigenvalue weighted by Crippen LogP contribution is 2.33. The molecule has 2 aromatic heterocycles. The molecule has 4 bridgehead atoms. The molecule has 11 nitrogen and oxygen atoms in total. The molecule has 1 aliphatic rings. The first-order valence-electron chi connectivity index (χ1n) is 18.0. The predicted molar refractivity (Wildman–Crippen MR) is 208 cm³/mol. The molecule has 0 saturated heterocycles. The number of hydrogen-bond donors (Lipinski definition) is 2. The fourth-order valence-corrected chi connectivity index (χ4v) is 5.26. The third-order valence-electron chi connectivity index (χ3n) is 9.03. The molecular weight excluding hydrogens is 688 g/mol. The van der Waals surface area contributed by atoms with Gasteiger partial charge < -0.3 is 33.3 Å². The van der Waals surface area contributed by atoms with Gasteiger partial charge in [0.25, 0.3) is 0 Å². The molecule has 3 heterocycles. The number of carbonyl (C=O) groups excluding carboxylic acids is 2. The number of nitrogens with zero attached hydrogens (tertiary/aromatic N) is 2. The number of allylic oxidation sites excluding steroid dienone is 12. The van der Waals surface area contributed by atoms with Gasteiger partial charge in [-0.15, -0.1) is 0 Å². The van der Waals surface area contributed by atoms with Crippen LogP contribution in [0, 0.1) is 10.8 Å². The number of aliphatic hydroxyl groups excluding tert-OH is 2. The first-order valence-corrected chi connectivity index (χ1v) is 18.0. The van der Waals surface area contributed by atoms with Crippen molar-refractivity contribution in [3.8, 4) is 0 Å². The lowest BCUT2D eigenvalue weighted by Gasteiger charge is -2.36. The lowest BCUT2D eigenvalue weighted by Crippen LogP contribution is -2.42. The van der Waals surface area contributed by atoms with Crippen LogP contribution in [0.2, 0.25) is 0 Å². The molecule has 0 amide bonds. The van der Waals surface area contributed by atoms with E-state index in [0.29, 0.717) is 18.7 Å². The zero-order chi connectivity index (χ0) is 39.6. The summed E-state index contributed by atoms with van der Waals surface area (Å²) in [5.74, 6) is -0.812. The van der Waals surface area contributed by atoms with Gasteiger partial charge in [0.15, 0.2) is 17.3 Å². The molecular formula is C43H54N2O9. The number of hydrogen-bond acceptors (Lipinski definition) is 11. The lowest BCUT2D eigenvalue weighted by molar-refractivity contribution is -0.0461. The minimum Gasteiger partial charge on any atom is -0.457 e. The second-order valence-electron chi connectivity index (χ2n) is 13.8. The molecule has 3 rings (SSSR count). The van der Waals surface area contributed by atoms with Crippen molar-refractivity contribution in [2.75, 3.05) is 7.11 Å². The van der Waals surface area contributed by atoms with Crippen LogP contribution in [0.5, 0.6) is 0 Å². The maximum absolute atomic E-state index is 13.3. The second-order valence-corrected chi connectivity index (χ2v) is 13.8. The molecule has 0 aliphatic carbocycles. The fraction of sp³-hybridized carbons (Fsp3) is 0.395. The normalized spacial score (nSPS) is 25.5. The van der Waals surface area contributed by atoms with Crippen molar-refractivity contribution < 1.29 is 42.8 Å². The van der Waals surface area contributed by atoms with E-state index in [1.807, 2.05) is 102 Å². The Kier molecular flexibility index (Phi) is 17.3. The Labute approximate surface area is 318 Å². The molecule has 0 aromatic carbocycles. The quantitative estimate of drug-likeness (QED) is 0.209. The SMILES string of the molecule is C/C=C/C(O)C(C)(C)C1C\C=C/C=C\C=C\C(OC)Cc2nc(co2)C(=O)OC(C(C)(C)C(O)/C=C/C)C\C=C/C=C\C=C\C=C\c2nc(co2)C(=O)O1. The summed E-state index contributed by atoms with van der Waals surface area (Å²) >= 11 is 0. The molecule has 54 heavy (non-hydrogen) atoms. The molecule has 11 heteroatoms. The van der Waals surface area contributed by atoms with Crippen molar-refractivity contribution >= 4 is 18.0 Å². The zero-order valence-corrected chi connectivity index (χ0v) is 32.2. The van der Waals surface area contributed by atoms with Gasteiger partial charge in [0.1, 0.15) is 24.7 Å². The molecule has 2 N–H and O–H groups in total. The summed E-state index contributed by atoms with van der Waals surface area (Å²) in [6, 6.07) is 0. The van der Waals surface area contributed by atoms with E-state index in [-0.39, 0.29) is 23.7 Å². The molecule has 0 spiro atoms. The summed E-state index contributed by atoms with van der Waals surface area (Å²) in [5, 5.41) is 21.7. The molecule has 5 atom stereocenters. The van der Waals surface area contributed by atoms with E-state index in [1.54, 1.807) is 55.7 Å². The number of methoxy groups -OCH3 is 1. The van der Waals surface area contributed by atoms with Gasteiger partial charge in [-0.2, -0.15) is 0 Å². The molecule has 1 aliphatic heterocycles. The van der Waals surface area contributed by atoms with Crippen LogP contribution in [-0.4, -0.2) is 69.7 Å². The Morgan fingerprint density at radius 1 is 0.722 bits per heavy atom. The number of cyclic esters (lactones) is 2. The number of oxazole rings is 2. The van der Waals surface area contributed by atoms with Gasteiger partial charge in [-0.25, -0.2) is 19.6 Å². The average molecular weight is 743 g/mol. The number of rotatable bonds is 7. The largest absolute Gasteiger partial charge is 0.457 e. The topological polar surface area (TPSA) is 154 Å². The highest BCUT2D eigenvalue weighted by atomic mass is 16.6. The maximum Gasteiger partial charge on any atom is 0.360 e. The van der Waals surface area contributed by atoms with E-state index < -0.39 is 53.3 Å². The molecule has 0 saturated carbocycles. The van der Waals surface area contributed by atoms with Crippen LogP contribution >= 0.6 is 0 Å². The van der Waals surface area contributed by atoms with Gasteiger partial charge in [-0.3, -0.25) is 0 Å². The number of aromatic nitrogens is 2. The van der Waals surface area contributed by atoms with Crippen LogP contribution in [0.4, 0.5) is 0 Å². The van der Waals surface area contributed by atoms with Crippen LogP contribution in [0.15, 0.2) is 125 Å². The number of esters is 2. The molecule has 290 valence electrons. The molecule has 0 fully saturated rings. The Hall–Kier alpha value is -5.10. The van der Waals surface area contributed by atoms with E-state index in [0.717, 1.165) is 0 Å². The van der Waals surface area contributed by atoms with Gasteiger partial charge in [0.05, 0.1) is 24.7 Å². The summed E-state index contributed by atoms with van der Waals surface area (Å²) < 4.78 is 28.5. The molecule has 2 aromatic rings. The molecule has 0 radical (unpaired) electrons. The van der Waals surface area contributed by atoms with Gasteiger partial charge >= 0.3 is 11.9 Å². The van der Waals surface area contributed by atoms with Gasteiger partial charge in [0, 0.05) is 36.9 Å². The average Bonchev–Trinajstić information content (AvgIpc) is 3.82. The van der Waals surface area contributed by atoms with Crippen molar-refractivity contribution in [3.05, 3.63) is 139 Å². The number of carbonyl (C=O) groups is 2. The van der Waals surface area contributed by atoms with Crippen LogP contribution < -0.4 is 0 Å². The smallest absolute Gasteiger partial charge is 0.360 e. The predicted octanol–water partition coefficient (Wildman–Crippen LogP) is 8.04. The third kappa shape index (κ3) is 13.1. The van der Waals surface area contributed by atoms with E-state index in [1.165, 1.54) is 12.5 Å². The van der Waals surface area contributed by atoms with Crippen LogP contribution in [0.1, 0.15) is 87.1 Å². The van der Waals surface area contributed by atoms with Crippen molar-refractivity contribution in [1.82, 2.24) is 9.97 Å².